The van der Waals surface area contributed by atoms with Gasteiger partial charge >= 0.3 is 0 Å². The molecule has 1 aromatic carbocycles. The van der Waals surface area contributed by atoms with Crippen molar-refractivity contribution in [2.24, 2.45) is 10.9 Å². The molecule has 3 rings (SSSR count). The van der Waals surface area contributed by atoms with Crippen LogP contribution in [-0.4, -0.2) is 29.2 Å². The third-order valence-corrected chi connectivity index (χ3v) is 3.94. The molecule has 0 spiro atoms. The monoisotopic (exact) mass is 303 g/mol. The van der Waals surface area contributed by atoms with Crippen molar-refractivity contribution < 1.29 is 14.7 Å². The average Bonchev–Trinajstić information content (AvgIpc) is 2.54. The van der Waals surface area contributed by atoms with E-state index in [1.165, 1.54) is 11.8 Å². The molecule has 0 unspecified atom stereocenters. The maximum absolute atomic E-state index is 8.83. The van der Waals surface area contributed by atoms with Crippen LogP contribution in [0.1, 0.15) is 5.56 Å². The molecule has 0 saturated carbocycles. The van der Waals surface area contributed by atoms with E-state index in [9.17, 15) is 0 Å². The van der Waals surface area contributed by atoms with Crippen LogP contribution in [0.3, 0.4) is 0 Å². The van der Waals surface area contributed by atoms with Crippen LogP contribution in [0.15, 0.2) is 51.6 Å². The van der Waals surface area contributed by atoms with E-state index in [0.29, 0.717) is 18.8 Å². The van der Waals surface area contributed by atoms with Crippen molar-refractivity contribution in [1.82, 2.24) is 4.98 Å². The van der Waals surface area contributed by atoms with E-state index in [1.54, 1.807) is 18.5 Å². The standard InChI is InChI=1S/C14H13N3O3S/c15-14(17-18)10-3-4-16-8-13(10)21-9-1-2-11-12(7-9)20-6-5-19-11/h1-4,7-8,18H,5-6H2,(H2,15,17). The summed E-state index contributed by atoms with van der Waals surface area (Å²) >= 11 is 1.46. The second kappa shape index (κ2) is 5.92. The number of hydrogen-bond donors (Lipinski definition) is 2. The van der Waals surface area contributed by atoms with E-state index in [4.69, 9.17) is 20.4 Å². The summed E-state index contributed by atoms with van der Waals surface area (Å²) in [6.07, 6.45) is 3.27. The highest BCUT2D eigenvalue weighted by atomic mass is 32.2. The van der Waals surface area contributed by atoms with Crippen molar-refractivity contribution in [3.63, 3.8) is 0 Å². The molecule has 1 aromatic heterocycles. The lowest BCUT2D eigenvalue weighted by Crippen LogP contribution is -2.15. The third kappa shape index (κ3) is 2.87. The van der Waals surface area contributed by atoms with Crippen LogP contribution in [0, 0.1) is 0 Å². The van der Waals surface area contributed by atoms with Gasteiger partial charge in [0.1, 0.15) is 13.2 Å². The number of pyridine rings is 1. The van der Waals surface area contributed by atoms with E-state index in [2.05, 4.69) is 10.1 Å². The van der Waals surface area contributed by atoms with Crippen LogP contribution in [-0.2, 0) is 0 Å². The Morgan fingerprint density at radius 2 is 2.05 bits per heavy atom. The Labute approximate surface area is 125 Å². The van der Waals surface area contributed by atoms with Gasteiger partial charge in [0.05, 0.1) is 0 Å². The second-order valence-corrected chi connectivity index (χ2v) is 5.38. The van der Waals surface area contributed by atoms with Gasteiger partial charge in [-0.1, -0.05) is 16.9 Å². The molecule has 3 N–H and O–H groups in total. The third-order valence-electron chi connectivity index (χ3n) is 2.91. The lowest BCUT2D eigenvalue weighted by atomic mass is 10.2. The quantitative estimate of drug-likeness (QED) is 0.390. The summed E-state index contributed by atoms with van der Waals surface area (Å²) < 4.78 is 11.0. The first-order valence-corrected chi connectivity index (χ1v) is 7.09. The van der Waals surface area contributed by atoms with Gasteiger partial charge in [0.25, 0.3) is 0 Å². The number of rotatable bonds is 3. The van der Waals surface area contributed by atoms with Gasteiger partial charge in [-0.25, -0.2) is 0 Å². The zero-order valence-corrected chi connectivity index (χ0v) is 11.8. The van der Waals surface area contributed by atoms with Crippen molar-refractivity contribution in [2.75, 3.05) is 13.2 Å². The predicted octanol–water partition coefficient (Wildman–Crippen LogP) is 2.10. The average molecular weight is 303 g/mol. The van der Waals surface area contributed by atoms with E-state index in [-0.39, 0.29) is 5.84 Å². The van der Waals surface area contributed by atoms with Crippen LogP contribution >= 0.6 is 11.8 Å². The van der Waals surface area contributed by atoms with Crippen LogP contribution < -0.4 is 15.2 Å². The smallest absolute Gasteiger partial charge is 0.171 e. The Hall–Kier alpha value is -2.41. The normalized spacial score (nSPS) is 14.0. The molecule has 21 heavy (non-hydrogen) atoms. The van der Waals surface area contributed by atoms with E-state index in [0.717, 1.165) is 21.3 Å². The maximum Gasteiger partial charge on any atom is 0.171 e. The molecule has 7 heteroatoms. The second-order valence-electron chi connectivity index (χ2n) is 4.26. The number of nitrogens with two attached hydrogens (primary N) is 1. The number of oxime groups is 1. The van der Waals surface area contributed by atoms with Gasteiger partial charge in [0, 0.05) is 27.7 Å². The molecule has 2 heterocycles. The van der Waals surface area contributed by atoms with Crippen molar-refractivity contribution in [2.45, 2.75) is 9.79 Å². The Balaban J connectivity index is 1.90. The molecular weight excluding hydrogens is 290 g/mol. The van der Waals surface area contributed by atoms with Crippen LogP contribution in [0.5, 0.6) is 11.5 Å². The van der Waals surface area contributed by atoms with Gasteiger partial charge in [-0.2, -0.15) is 0 Å². The minimum Gasteiger partial charge on any atom is -0.486 e. The van der Waals surface area contributed by atoms with Crippen LogP contribution in [0.4, 0.5) is 0 Å². The highest BCUT2D eigenvalue weighted by Gasteiger charge is 2.14. The van der Waals surface area contributed by atoms with Gasteiger partial charge in [0.15, 0.2) is 17.3 Å². The number of nitrogens with zero attached hydrogens (tertiary/aromatic N) is 2. The highest BCUT2D eigenvalue weighted by Crippen LogP contribution is 2.37. The Bertz CT molecular complexity index is 691. The Morgan fingerprint density at radius 1 is 1.24 bits per heavy atom. The summed E-state index contributed by atoms with van der Waals surface area (Å²) in [5.74, 6) is 1.52. The van der Waals surface area contributed by atoms with E-state index in [1.807, 2.05) is 18.2 Å². The molecule has 0 amide bonds. The molecule has 6 nitrogen and oxygen atoms in total. The largest absolute Gasteiger partial charge is 0.486 e. The summed E-state index contributed by atoms with van der Waals surface area (Å²) in [7, 11) is 0. The van der Waals surface area contributed by atoms with E-state index >= 15 is 0 Å². The fraction of sp³-hybridized carbons (Fsp3) is 0.143. The summed E-state index contributed by atoms with van der Waals surface area (Å²) in [5.41, 5.74) is 6.31. The maximum atomic E-state index is 8.83. The number of amidine groups is 1. The topological polar surface area (TPSA) is 90.0 Å². The molecule has 1 aliphatic heterocycles. The minimum absolute atomic E-state index is 0.0532. The minimum atomic E-state index is 0.0532. The molecule has 0 saturated heterocycles. The first kappa shape index (κ1) is 13.6. The van der Waals surface area contributed by atoms with Gasteiger partial charge < -0.3 is 20.4 Å². The van der Waals surface area contributed by atoms with E-state index < -0.39 is 0 Å². The van der Waals surface area contributed by atoms with Crippen molar-refractivity contribution >= 4 is 17.6 Å². The molecule has 0 radical (unpaired) electrons. The van der Waals surface area contributed by atoms with Gasteiger partial charge in [-0.15, -0.1) is 0 Å². The predicted molar refractivity (Wildman–Crippen MR) is 78.3 cm³/mol. The zero-order chi connectivity index (χ0) is 14.7. The zero-order valence-electron chi connectivity index (χ0n) is 11.0. The first-order valence-electron chi connectivity index (χ1n) is 6.27. The van der Waals surface area contributed by atoms with Crippen molar-refractivity contribution in [3.8, 4) is 11.5 Å². The number of benzene rings is 1. The molecular formula is C14H13N3O3S. The molecule has 0 bridgehead atoms. The molecule has 0 aliphatic carbocycles. The highest BCUT2D eigenvalue weighted by molar-refractivity contribution is 7.99. The summed E-state index contributed by atoms with van der Waals surface area (Å²) in [6.45, 7) is 1.11. The summed E-state index contributed by atoms with van der Waals surface area (Å²) in [6, 6.07) is 7.41. The SMILES string of the molecule is N/C(=N/O)c1ccncc1Sc1ccc2c(c1)OCCO2. The first-order chi connectivity index (χ1) is 10.3. The van der Waals surface area contributed by atoms with Gasteiger partial charge in [0.2, 0.25) is 0 Å². The Kier molecular flexibility index (Phi) is 3.83. The number of aromatic nitrogens is 1. The lowest BCUT2D eigenvalue weighted by molar-refractivity contribution is 0.171. The lowest BCUT2D eigenvalue weighted by Gasteiger charge is -2.18. The number of fused-ring (bicyclic) bond motifs is 1. The van der Waals surface area contributed by atoms with Gasteiger partial charge in [-0.05, 0) is 24.3 Å². The molecule has 0 atom stereocenters. The van der Waals surface area contributed by atoms with Crippen molar-refractivity contribution in [3.05, 3.63) is 42.2 Å². The number of hydrogen-bond acceptors (Lipinski definition) is 6. The molecule has 2 aromatic rings. The van der Waals surface area contributed by atoms with Crippen molar-refractivity contribution in [1.29, 1.82) is 0 Å². The van der Waals surface area contributed by atoms with Crippen LogP contribution in [0.25, 0.3) is 0 Å². The molecule has 108 valence electrons. The summed E-state index contributed by atoms with van der Waals surface area (Å²) in [5, 5.41) is 11.9. The fourth-order valence-corrected chi connectivity index (χ4v) is 2.89. The molecule has 1 aliphatic rings. The number of ether oxygens (including phenoxy) is 2. The van der Waals surface area contributed by atoms with Crippen LogP contribution in [0.2, 0.25) is 0 Å². The Morgan fingerprint density at radius 3 is 2.86 bits per heavy atom. The fourth-order valence-electron chi connectivity index (χ4n) is 1.94. The summed E-state index contributed by atoms with van der Waals surface area (Å²) in [4.78, 5) is 5.83. The van der Waals surface area contributed by atoms with Gasteiger partial charge in [-0.3, -0.25) is 4.98 Å². The molecule has 0 fully saturated rings.